The Balaban J connectivity index is 0.986. The van der Waals surface area contributed by atoms with Crippen LogP contribution in [0.4, 0.5) is 11.4 Å². The van der Waals surface area contributed by atoms with Crippen LogP contribution >= 0.6 is 0 Å². The third kappa shape index (κ3) is 6.41. The predicted molar refractivity (Wildman–Crippen MR) is 285 cm³/mol. The second-order valence-corrected chi connectivity index (χ2v) is 18.0. The molecule has 0 unspecified atom stereocenters. The molecule has 0 N–H and O–H groups in total. The number of benzene rings is 11. The maximum absolute atomic E-state index is 2.52. The Morgan fingerprint density at radius 3 is 1.69 bits per heavy atom. The summed E-state index contributed by atoms with van der Waals surface area (Å²) in [6, 6.07) is 98.5. The summed E-state index contributed by atoms with van der Waals surface area (Å²) in [6.07, 6.45) is 0. The van der Waals surface area contributed by atoms with E-state index < -0.39 is 5.41 Å². The fraction of sp³-hybridized carbons (Fsp3) is 0.0303. The lowest BCUT2D eigenvalue weighted by molar-refractivity contribution is 0.767. The van der Waals surface area contributed by atoms with Crippen molar-refractivity contribution in [1.82, 2.24) is 4.57 Å². The van der Waals surface area contributed by atoms with Crippen molar-refractivity contribution in [2.24, 2.45) is 0 Å². The highest BCUT2D eigenvalue weighted by molar-refractivity contribution is 6.10. The first-order chi connectivity index (χ1) is 33.7. The maximum atomic E-state index is 2.52. The topological polar surface area (TPSA) is 8.17 Å². The van der Waals surface area contributed by atoms with E-state index in [4.69, 9.17) is 0 Å². The van der Waals surface area contributed by atoms with E-state index in [1.807, 2.05) is 0 Å². The monoisotopic (exact) mass is 866 g/mol. The van der Waals surface area contributed by atoms with Crippen LogP contribution in [0.1, 0.15) is 27.8 Å². The summed E-state index contributed by atoms with van der Waals surface area (Å²) in [7, 11) is 0. The van der Waals surface area contributed by atoms with Gasteiger partial charge in [-0.1, -0.05) is 218 Å². The summed E-state index contributed by atoms with van der Waals surface area (Å²) >= 11 is 0. The lowest BCUT2D eigenvalue weighted by atomic mass is 9.67. The molecule has 68 heavy (non-hydrogen) atoms. The molecule has 0 radical (unpaired) electrons. The molecule has 1 aliphatic carbocycles. The van der Waals surface area contributed by atoms with Gasteiger partial charge in [0, 0.05) is 34.4 Å². The number of fused-ring (bicyclic) bond motifs is 7. The Bertz CT molecular complexity index is 3770. The number of hydrogen-bond acceptors (Lipinski definition) is 1. The van der Waals surface area contributed by atoms with Gasteiger partial charge in [0.15, 0.2) is 0 Å². The van der Waals surface area contributed by atoms with Crippen LogP contribution in [0.25, 0.3) is 71.6 Å². The second-order valence-electron chi connectivity index (χ2n) is 18.0. The van der Waals surface area contributed by atoms with Crippen molar-refractivity contribution in [3.05, 3.63) is 295 Å². The molecule has 2 nitrogen and oxygen atoms in total. The van der Waals surface area contributed by atoms with Gasteiger partial charge in [-0.3, -0.25) is 0 Å². The van der Waals surface area contributed by atoms with Crippen LogP contribution in [-0.4, -0.2) is 4.57 Å². The normalized spacial score (nSPS) is 12.6. The zero-order valence-electron chi connectivity index (χ0n) is 37.5. The Kier molecular flexibility index (Phi) is 9.50. The third-order valence-corrected chi connectivity index (χ3v) is 14.4. The summed E-state index contributed by atoms with van der Waals surface area (Å²) < 4.78 is 2.44. The fourth-order valence-corrected chi connectivity index (χ4v) is 11.2. The molecule has 0 fully saturated rings. The molecule has 12 aromatic rings. The molecule has 320 valence electrons. The average molecular weight is 867 g/mol. The Morgan fingerprint density at radius 1 is 0.338 bits per heavy atom. The number of nitrogens with zero attached hydrogens (tertiary/aromatic N) is 2. The number of rotatable bonds is 9. The summed E-state index contributed by atoms with van der Waals surface area (Å²) in [5.74, 6) is 0. The molecule has 1 aliphatic rings. The molecule has 0 bridgehead atoms. The van der Waals surface area contributed by atoms with Crippen LogP contribution in [0.15, 0.2) is 267 Å². The van der Waals surface area contributed by atoms with Crippen LogP contribution < -0.4 is 4.90 Å². The van der Waals surface area contributed by atoms with E-state index in [0.717, 1.165) is 17.1 Å². The van der Waals surface area contributed by atoms with Crippen LogP contribution in [0.3, 0.4) is 0 Å². The van der Waals surface area contributed by atoms with Gasteiger partial charge in [-0.05, 0) is 121 Å². The van der Waals surface area contributed by atoms with Crippen molar-refractivity contribution in [2.75, 3.05) is 4.90 Å². The fourth-order valence-electron chi connectivity index (χ4n) is 11.2. The van der Waals surface area contributed by atoms with Crippen LogP contribution in [0.2, 0.25) is 0 Å². The number of anilines is 2. The van der Waals surface area contributed by atoms with Crippen molar-refractivity contribution in [2.45, 2.75) is 12.0 Å². The molecule has 0 saturated heterocycles. The molecule has 11 aromatic carbocycles. The highest BCUT2D eigenvalue weighted by atomic mass is 15.1. The van der Waals surface area contributed by atoms with E-state index in [9.17, 15) is 0 Å². The first kappa shape index (κ1) is 39.6. The first-order valence-electron chi connectivity index (χ1n) is 23.6. The summed E-state index contributed by atoms with van der Waals surface area (Å²) in [4.78, 5) is 2.52. The van der Waals surface area contributed by atoms with Gasteiger partial charge in [-0.15, -0.1) is 0 Å². The molecule has 2 heteroatoms. The Morgan fingerprint density at radius 2 is 0.912 bits per heavy atom. The van der Waals surface area contributed by atoms with E-state index in [2.05, 4.69) is 276 Å². The van der Waals surface area contributed by atoms with Crippen LogP contribution in [0.5, 0.6) is 0 Å². The highest BCUT2D eigenvalue weighted by Crippen LogP contribution is 2.57. The summed E-state index contributed by atoms with van der Waals surface area (Å²) in [5, 5.41) is 4.97. The van der Waals surface area contributed by atoms with E-state index in [1.165, 1.54) is 93.8 Å². The first-order valence-corrected chi connectivity index (χ1v) is 23.6. The molecular formula is C66H46N2. The average Bonchev–Trinajstić information content (AvgIpc) is 3.91. The lowest BCUT2D eigenvalue weighted by Crippen LogP contribution is -2.29. The Labute approximate surface area is 397 Å². The molecule has 1 aromatic heterocycles. The van der Waals surface area contributed by atoms with Gasteiger partial charge in [-0.25, -0.2) is 0 Å². The zero-order chi connectivity index (χ0) is 45.0. The van der Waals surface area contributed by atoms with Gasteiger partial charge < -0.3 is 9.47 Å². The van der Waals surface area contributed by atoms with E-state index in [-0.39, 0.29) is 0 Å². The van der Waals surface area contributed by atoms with Gasteiger partial charge in [0.25, 0.3) is 0 Å². The van der Waals surface area contributed by atoms with E-state index >= 15 is 0 Å². The van der Waals surface area contributed by atoms with Gasteiger partial charge in [-0.2, -0.15) is 0 Å². The quantitative estimate of drug-likeness (QED) is 0.140. The molecule has 0 aliphatic heterocycles. The standard InChI is InChI=1S/C66H46N2/c1-4-18-46(19-5-1)48-32-36-54(37-33-48)67(55-39-41-59-58-28-14-16-30-62(58)66(63(59)44-55,52-23-6-2-7-24-52)53-25-8-3-9-26-53)45-51-22-12-13-27-57(51)50-35-40-61-60-29-15-17-31-64(60)68(65(61)43-50)56-38-34-47-20-10-11-21-49(47)42-56/h1-44H,45H2. The zero-order valence-corrected chi connectivity index (χ0v) is 37.5. The SMILES string of the molecule is c1ccc(-c2ccc(N(Cc3ccccc3-c3ccc4c5ccccc5n(-c5ccc6ccccc6c5)c4c3)c3ccc4c(c3)C(c3ccccc3)(c3ccccc3)c3ccccc3-4)cc2)cc1. The van der Waals surface area contributed by atoms with Crippen molar-refractivity contribution < 1.29 is 0 Å². The number of para-hydroxylation sites is 1. The van der Waals surface area contributed by atoms with E-state index in [0.29, 0.717) is 6.54 Å². The minimum Gasteiger partial charge on any atom is -0.337 e. The van der Waals surface area contributed by atoms with Gasteiger partial charge in [0.05, 0.1) is 16.4 Å². The largest absolute Gasteiger partial charge is 0.337 e. The predicted octanol–water partition coefficient (Wildman–Crippen LogP) is 17.0. The third-order valence-electron chi connectivity index (χ3n) is 14.4. The van der Waals surface area contributed by atoms with E-state index in [1.54, 1.807) is 0 Å². The van der Waals surface area contributed by atoms with Crippen molar-refractivity contribution in [1.29, 1.82) is 0 Å². The summed E-state index contributed by atoms with van der Waals surface area (Å²) in [5.41, 5.74) is 19.0. The molecule has 0 spiro atoms. The number of hydrogen-bond donors (Lipinski definition) is 0. The van der Waals surface area contributed by atoms with Crippen molar-refractivity contribution in [3.63, 3.8) is 0 Å². The molecule has 1 heterocycles. The maximum Gasteiger partial charge on any atom is 0.0714 e. The van der Waals surface area contributed by atoms with Gasteiger partial charge >= 0.3 is 0 Å². The molecule has 0 amide bonds. The second kappa shape index (κ2) is 16.3. The summed E-state index contributed by atoms with van der Waals surface area (Å²) in [6.45, 7) is 0.655. The minimum absolute atomic E-state index is 0.510. The van der Waals surface area contributed by atoms with Gasteiger partial charge in [0.1, 0.15) is 0 Å². The highest BCUT2D eigenvalue weighted by Gasteiger charge is 2.46. The lowest BCUT2D eigenvalue weighted by Gasteiger charge is -2.35. The smallest absolute Gasteiger partial charge is 0.0714 e. The van der Waals surface area contributed by atoms with Gasteiger partial charge in [0.2, 0.25) is 0 Å². The van der Waals surface area contributed by atoms with Crippen LogP contribution in [0, 0.1) is 0 Å². The van der Waals surface area contributed by atoms with Crippen molar-refractivity contribution >= 4 is 44.0 Å². The minimum atomic E-state index is -0.510. The molecule has 0 atom stereocenters. The Hall–Kier alpha value is -8.72. The molecule has 0 saturated carbocycles. The van der Waals surface area contributed by atoms with Crippen molar-refractivity contribution in [3.8, 4) is 39.1 Å². The molecular weight excluding hydrogens is 821 g/mol. The number of aromatic nitrogens is 1. The molecule has 13 rings (SSSR count). The van der Waals surface area contributed by atoms with Crippen LogP contribution in [-0.2, 0) is 12.0 Å².